The lowest BCUT2D eigenvalue weighted by Crippen LogP contribution is -2.40. The lowest BCUT2D eigenvalue weighted by molar-refractivity contribution is -0.127. The molecule has 0 spiro atoms. The third kappa shape index (κ3) is 5.94. The maximum atomic E-state index is 12.3. The summed E-state index contributed by atoms with van der Waals surface area (Å²) in [6.07, 6.45) is 10.1. The molecule has 1 saturated carbocycles. The first-order valence-electron chi connectivity index (χ1n) is 8.21. The minimum absolute atomic E-state index is 0.240. The van der Waals surface area contributed by atoms with Crippen molar-refractivity contribution in [1.29, 1.82) is 0 Å². The van der Waals surface area contributed by atoms with Crippen LogP contribution in [0.1, 0.15) is 71.6 Å². The van der Waals surface area contributed by atoms with Crippen molar-refractivity contribution in [2.24, 2.45) is 17.6 Å². The highest BCUT2D eigenvalue weighted by atomic mass is 16.1. The van der Waals surface area contributed by atoms with Gasteiger partial charge in [0.15, 0.2) is 0 Å². The molecular formula is C16H32N2O. The Bertz CT molecular complexity index is 247. The molecule has 0 aromatic carbocycles. The minimum Gasteiger partial charge on any atom is -0.353 e. The Balaban J connectivity index is 2.34. The van der Waals surface area contributed by atoms with Crippen molar-refractivity contribution in [1.82, 2.24) is 5.32 Å². The molecule has 1 unspecified atom stereocenters. The van der Waals surface area contributed by atoms with Gasteiger partial charge in [0.25, 0.3) is 0 Å². The number of unbranched alkanes of at least 4 members (excludes halogenated alkanes) is 1. The van der Waals surface area contributed by atoms with Crippen LogP contribution in [0.3, 0.4) is 0 Å². The van der Waals surface area contributed by atoms with Crippen molar-refractivity contribution in [3.8, 4) is 0 Å². The van der Waals surface area contributed by atoms with Gasteiger partial charge in [-0.2, -0.15) is 0 Å². The van der Waals surface area contributed by atoms with Crippen molar-refractivity contribution < 1.29 is 4.79 Å². The van der Waals surface area contributed by atoms with Gasteiger partial charge in [0.1, 0.15) is 0 Å². The normalized spacial score (nSPS) is 25.0. The molecule has 0 heterocycles. The number of carbonyl (C=O) groups excluding carboxylic acids is 1. The molecule has 1 atom stereocenters. The summed E-state index contributed by atoms with van der Waals surface area (Å²) >= 11 is 0. The molecule has 1 amide bonds. The van der Waals surface area contributed by atoms with Crippen molar-refractivity contribution in [3.63, 3.8) is 0 Å². The van der Waals surface area contributed by atoms with E-state index in [0.717, 1.165) is 51.5 Å². The molecule has 0 aliphatic heterocycles. The molecule has 3 N–H and O–H groups in total. The van der Waals surface area contributed by atoms with Crippen LogP contribution in [0.25, 0.3) is 0 Å². The topological polar surface area (TPSA) is 55.1 Å². The SMILES string of the molecule is CCCCC(CCC)NC(=O)C1CCC(CN)CC1. The van der Waals surface area contributed by atoms with Gasteiger partial charge >= 0.3 is 0 Å². The summed E-state index contributed by atoms with van der Waals surface area (Å²) in [6, 6.07) is 0.393. The molecule has 0 aromatic heterocycles. The fourth-order valence-electron chi connectivity index (χ4n) is 3.07. The van der Waals surface area contributed by atoms with Gasteiger partial charge in [-0.15, -0.1) is 0 Å². The molecule has 0 aromatic rings. The van der Waals surface area contributed by atoms with E-state index >= 15 is 0 Å². The largest absolute Gasteiger partial charge is 0.353 e. The maximum absolute atomic E-state index is 12.3. The van der Waals surface area contributed by atoms with Crippen LogP contribution in [0.15, 0.2) is 0 Å². The van der Waals surface area contributed by atoms with Gasteiger partial charge in [-0.25, -0.2) is 0 Å². The Hall–Kier alpha value is -0.570. The van der Waals surface area contributed by atoms with E-state index in [1.807, 2.05) is 0 Å². The van der Waals surface area contributed by atoms with Crippen LogP contribution in [-0.2, 0) is 4.79 Å². The molecule has 3 heteroatoms. The fraction of sp³-hybridized carbons (Fsp3) is 0.938. The summed E-state index contributed by atoms with van der Waals surface area (Å²) in [5, 5.41) is 3.29. The van der Waals surface area contributed by atoms with Crippen molar-refractivity contribution in [2.45, 2.75) is 77.7 Å². The molecule has 1 aliphatic rings. The number of nitrogens with two attached hydrogens (primary N) is 1. The summed E-state index contributed by atoms with van der Waals surface area (Å²) in [5.74, 6) is 1.18. The highest BCUT2D eigenvalue weighted by molar-refractivity contribution is 5.79. The quantitative estimate of drug-likeness (QED) is 0.710. The molecule has 1 rings (SSSR count). The number of hydrogen-bond donors (Lipinski definition) is 2. The van der Waals surface area contributed by atoms with Crippen LogP contribution in [-0.4, -0.2) is 18.5 Å². The van der Waals surface area contributed by atoms with Gasteiger partial charge < -0.3 is 11.1 Å². The van der Waals surface area contributed by atoms with E-state index in [2.05, 4.69) is 19.2 Å². The molecule has 0 saturated heterocycles. The smallest absolute Gasteiger partial charge is 0.223 e. The lowest BCUT2D eigenvalue weighted by Gasteiger charge is -2.28. The third-order valence-corrected chi connectivity index (χ3v) is 4.44. The van der Waals surface area contributed by atoms with E-state index in [9.17, 15) is 4.79 Å². The fourth-order valence-corrected chi connectivity index (χ4v) is 3.07. The molecule has 19 heavy (non-hydrogen) atoms. The van der Waals surface area contributed by atoms with Gasteiger partial charge in [-0.05, 0) is 51.0 Å². The average molecular weight is 268 g/mol. The Morgan fingerprint density at radius 1 is 1.16 bits per heavy atom. The van der Waals surface area contributed by atoms with Crippen LogP contribution in [0.5, 0.6) is 0 Å². The zero-order valence-corrected chi connectivity index (χ0v) is 12.8. The first-order valence-corrected chi connectivity index (χ1v) is 8.21. The number of nitrogens with one attached hydrogen (secondary N) is 1. The van der Waals surface area contributed by atoms with Crippen LogP contribution in [0, 0.1) is 11.8 Å². The minimum atomic E-state index is 0.240. The van der Waals surface area contributed by atoms with Crippen LogP contribution in [0.4, 0.5) is 0 Å². The third-order valence-electron chi connectivity index (χ3n) is 4.44. The lowest BCUT2D eigenvalue weighted by atomic mass is 9.81. The Kier molecular flexibility index (Phi) is 8.11. The molecule has 112 valence electrons. The van der Waals surface area contributed by atoms with Gasteiger partial charge in [0, 0.05) is 12.0 Å². The number of hydrogen-bond acceptors (Lipinski definition) is 2. The Morgan fingerprint density at radius 2 is 1.84 bits per heavy atom. The monoisotopic (exact) mass is 268 g/mol. The standard InChI is InChI=1S/C16H32N2O/c1-3-5-7-15(6-4-2)18-16(19)14-10-8-13(12-17)9-11-14/h13-15H,3-12,17H2,1-2H3,(H,18,19). The maximum Gasteiger partial charge on any atom is 0.223 e. The summed E-state index contributed by atoms with van der Waals surface area (Å²) in [5.41, 5.74) is 5.70. The molecule has 0 bridgehead atoms. The first kappa shape index (κ1) is 16.5. The van der Waals surface area contributed by atoms with E-state index in [-0.39, 0.29) is 5.92 Å². The van der Waals surface area contributed by atoms with E-state index in [4.69, 9.17) is 5.73 Å². The second-order valence-corrected chi connectivity index (χ2v) is 6.09. The van der Waals surface area contributed by atoms with E-state index in [1.54, 1.807) is 0 Å². The van der Waals surface area contributed by atoms with Crippen molar-refractivity contribution in [3.05, 3.63) is 0 Å². The van der Waals surface area contributed by atoms with Crippen molar-refractivity contribution in [2.75, 3.05) is 6.54 Å². The average Bonchev–Trinajstić information content (AvgIpc) is 2.45. The van der Waals surface area contributed by atoms with E-state index in [1.165, 1.54) is 12.8 Å². The predicted octanol–water partition coefficient (Wildman–Crippen LogP) is 3.23. The number of carbonyl (C=O) groups is 1. The summed E-state index contributed by atoms with van der Waals surface area (Å²) in [7, 11) is 0. The van der Waals surface area contributed by atoms with Crippen LogP contribution < -0.4 is 11.1 Å². The highest BCUT2D eigenvalue weighted by Crippen LogP contribution is 2.28. The zero-order valence-electron chi connectivity index (χ0n) is 12.8. The summed E-state index contributed by atoms with van der Waals surface area (Å²) in [6.45, 7) is 5.18. The number of rotatable bonds is 8. The second kappa shape index (κ2) is 9.35. The van der Waals surface area contributed by atoms with Gasteiger partial charge in [0.05, 0.1) is 0 Å². The Morgan fingerprint density at radius 3 is 2.37 bits per heavy atom. The molecule has 0 radical (unpaired) electrons. The van der Waals surface area contributed by atoms with E-state index < -0.39 is 0 Å². The molecule has 3 nitrogen and oxygen atoms in total. The summed E-state index contributed by atoms with van der Waals surface area (Å²) in [4.78, 5) is 12.3. The van der Waals surface area contributed by atoms with Crippen molar-refractivity contribution >= 4 is 5.91 Å². The predicted molar refractivity (Wildman–Crippen MR) is 80.9 cm³/mol. The number of amides is 1. The van der Waals surface area contributed by atoms with Crippen LogP contribution >= 0.6 is 0 Å². The van der Waals surface area contributed by atoms with Gasteiger partial charge in [0.2, 0.25) is 5.91 Å². The van der Waals surface area contributed by atoms with Gasteiger partial charge in [-0.3, -0.25) is 4.79 Å². The summed E-state index contributed by atoms with van der Waals surface area (Å²) < 4.78 is 0. The Labute approximate surface area is 118 Å². The van der Waals surface area contributed by atoms with Gasteiger partial charge in [-0.1, -0.05) is 33.1 Å². The molecule has 1 aliphatic carbocycles. The van der Waals surface area contributed by atoms with E-state index in [0.29, 0.717) is 17.9 Å². The van der Waals surface area contributed by atoms with Crippen LogP contribution in [0.2, 0.25) is 0 Å². The molecule has 1 fully saturated rings. The highest BCUT2D eigenvalue weighted by Gasteiger charge is 2.26. The first-order chi connectivity index (χ1) is 9.21. The second-order valence-electron chi connectivity index (χ2n) is 6.09. The molecular weight excluding hydrogens is 236 g/mol. The zero-order chi connectivity index (χ0) is 14.1.